The van der Waals surface area contributed by atoms with Gasteiger partial charge in [-0.1, -0.05) is 0 Å². The summed E-state index contributed by atoms with van der Waals surface area (Å²) in [5, 5.41) is 2.47. The van der Waals surface area contributed by atoms with Gasteiger partial charge < -0.3 is 10.1 Å². The highest BCUT2D eigenvalue weighted by Gasteiger charge is 2.49. The van der Waals surface area contributed by atoms with Crippen LogP contribution in [-0.4, -0.2) is 19.7 Å². The van der Waals surface area contributed by atoms with E-state index in [0.717, 1.165) is 24.7 Å². The first-order valence-corrected chi connectivity index (χ1v) is 5.63. The van der Waals surface area contributed by atoms with Gasteiger partial charge >= 0.3 is 6.09 Å². The molecule has 0 heterocycles. The topological polar surface area (TPSA) is 38.3 Å². The van der Waals surface area contributed by atoms with Crippen LogP contribution in [0.1, 0.15) is 25.7 Å². The number of carbonyl (C=O) groups excluding carboxylic acids is 1. The molecule has 0 spiro atoms. The van der Waals surface area contributed by atoms with E-state index >= 15 is 0 Å². The summed E-state index contributed by atoms with van der Waals surface area (Å²) >= 11 is 0. The Morgan fingerprint density at radius 3 is 2.47 bits per heavy atom. The van der Waals surface area contributed by atoms with Gasteiger partial charge in [0.25, 0.3) is 0 Å². The third kappa shape index (κ3) is 2.44. The second-order valence-electron chi connectivity index (χ2n) is 4.27. The molecule has 15 heavy (non-hydrogen) atoms. The molecule has 0 aromatic carbocycles. The maximum absolute atomic E-state index is 10.9. The fourth-order valence-corrected chi connectivity index (χ4v) is 2.53. The third-order valence-electron chi connectivity index (χ3n) is 3.45. The predicted octanol–water partition coefficient (Wildman–Crippen LogP) is 1.78. The van der Waals surface area contributed by atoms with E-state index < -0.39 is 0 Å². The molecule has 0 unspecified atom stereocenters. The highest BCUT2D eigenvalue weighted by Crippen LogP contribution is 2.52. The van der Waals surface area contributed by atoms with Gasteiger partial charge in [-0.3, -0.25) is 0 Å². The summed E-state index contributed by atoms with van der Waals surface area (Å²) < 4.78 is 5.10. The van der Waals surface area contributed by atoms with Crippen molar-refractivity contribution in [2.24, 2.45) is 17.8 Å². The van der Waals surface area contributed by atoms with Crippen LogP contribution in [0.2, 0.25) is 0 Å². The van der Waals surface area contributed by atoms with E-state index in [-0.39, 0.29) is 6.09 Å². The van der Waals surface area contributed by atoms with Gasteiger partial charge in [0.1, 0.15) is 0 Å². The van der Waals surface area contributed by atoms with Crippen molar-refractivity contribution in [3.8, 4) is 11.8 Å². The number of carbonyl (C=O) groups is 1. The van der Waals surface area contributed by atoms with Crippen LogP contribution in [-0.2, 0) is 4.74 Å². The monoisotopic (exact) mass is 207 g/mol. The number of rotatable bonds is 2. The van der Waals surface area contributed by atoms with Crippen molar-refractivity contribution in [2.45, 2.75) is 25.7 Å². The Balaban J connectivity index is 1.75. The van der Waals surface area contributed by atoms with E-state index in [0.29, 0.717) is 12.5 Å². The lowest BCUT2D eigenvalue weighted by atomic mass is 10.1. The van der Waals surface area contributed by atoms with Crippen LogP contribution in [0.3, 0.4) is 0 Å². The molecule has 1 fully saturated rings. The Hall–Kier alpha value is -1.17. The van der Waals surface area contributed by atoms with Crippen molar-refractivity contribution in [3.05, 3.63) is 0 Å². The molecule has 0 saturated heterocycles. The molecule has 3 atom stereocenters. The SMILES string of the molecule is CNC(=O)OC[C@@H]1[C@@H]2CCC#CCC[C@@H]21. The van der Waals surface area contributed by atoms with Crippen molar-refractivity contribution in [1.29, 1.82) is 0 Å². The number of hydrogen-bond donors (Lipinski definition) is 1. The Kier molecular flexibility index (Phi) is 3.15. The van der Waals surface area contributed by atoms with Gasteiger partial charge in [0.05, 0.1) is 6.61 Å². The van der Waals surface area contributed by atoms with E-state index in [1.807, 2.05) is 0 Å². The summed E-state index contributed by atoms with van der Waals surface area (Å²) in [4.78, 5) is 10.9. The predicted molar refractivity (Wildman–Crippen MR) is 57.1 cm³/mol. The van der Waals surface area contributed by atoms with Gasteiger partial charge in [-0.25, -0.2) is 4.79 Å². The summed E-state index contributed by atoms with van der Waals surface area (Å²) in [5.41, 5.74) is 0. The number of amides is 1. The average Bonchev–Trinajstić information content (AvgIpc) is 2.85. The number of alkyl carbamates (subject to hydrolysis) is 1. The first kappa shape index (κ1) is 10.4. The van der Waals surface area contributed by atoms with Crippen molar-refractivity contribution >= 4 is 6.09 Å². The second-order valence-corrected chi connectivity index (χ2v) is 4.27. The van der Waals surface area contributed by atoms with Crippen LogP contribution < -0.4 is 5.32 Å². The van der Waals surface area contributed by atoms with E-state index in [4.69, 9.17) is 4.74 Å². The van der Waals surface area contributed by atoms with Gasteiger partial charge in [0, 0.05) is 19.9 Å². The largest absolute Gasteiger partial charge is 0.449 e. The molecule has 3 nitrogen and oxygen atoms in total. The minimum Gasteiger partial charge on any atom is -0.449 e. The van der Waals surface area contributed by atoms with Gasteiger partial charge in [-0.05, 0) is 30.6 Å². The highest BCUT2D eigenvalue weighted by atomic mass is 16.5. The zero-order valence-corrected chi connectivity index (χ0v) is 9.08. The molecule has 0 aromatic heterocycles. The summed E-state index contributed by atoms with van der Waals surface area (Å²) in [6.45, 7) is 0.578. The average molecular weight is 207 g/mol. The Bertz CT molecular complexity index is 284. The van der Waals surface area contributed by atoms with Gasteiger partial charge in [0.15, 0.2) is 0 Å². The molecule has 2 rings (SSSR count). The van der Waals surface area contributed by atoms with E-state index in [9.17, 15) is 4.79 Å². The van der Waals surface area contributed by atoms with E-state index in [1.165, 1.54) is 12.8 Å². The normalized spacial score (nSPS) is 32.5. The summed E-state index contributed by atoms with van der Waals surface area (Å²) in [6.07, 6.45) is 4.07. The van der Waals surface area contributed by atoms with Crippen molar-refractivity contribution < 1.29 is 9.53 Å². The Labute approximate surface area is 90.6 Å². The lowest BCUT2D eigenvalue weighted by Gasteiger charge is -2.02. The molecule has 3 heteroatoms. The van der Waals surface area contributed by atoms with Gasteiger partial charge in [0.2, 0.25) is 0 Å². The van der Waals surface area contributed by atoms with Crippen LogP contribution in [0.15, 0.2) is 0 Å². The second kappa shape index (κ2) is 4.57. The van der Waals surface area contributed by atoms with Gasteiger partial charge in [-0.2, -0.15) is 0 Å². The number of hydrogen-bond acceptors (Lipinski definition) is 2. The van der Waals surface area contributed by atoms with Crippen molar-refractivity contribution in [1.82, 2.24) is 5.32 Å². The Morgan fingerprint density at radius 1 is 1.33 bits per heavy atom. The van der Waals surface area contributed by atoms with Gasteiger partial charge in [-0.15, -0.1) is 11.8 Å². The first-order chi connectivity index (χ1) is 7.33. The summed E-state index contributed by atoms with van der Waals surface area (Å²) in [7, 11) is 1.59. The molecule has 2 aliphatic rings. The minimum absolute atomic E-state index is 0.314. The quantitative estimate of drug-likeness (QED) is 0.701. The number of ether oxygens (including phenoxy) is 1. The standard InChI is InChI=1S/C12H17NO2/c1-13-12(14)15-8-11-9-6-4-2-3-5-7-10(9)11/h9-11H,4-8H2,1H3,(H,13,14)/t9-,10+,11-. The first-order valence-electron chi connectivity index (χ1n) is 5.63. The zero-order chi connectivity index (χ0) is 10.7. The lowest BCUT2D eigenvalue weighted by molar-refractivity contribution is 0.139. The molecule has 2 aliphatic carbocycles. The molecule has 1 N–H and O–H groups in total. The van der Waals surface area contributed by atoms with Crippen LogP contribution in [0.5, 0.6) is 0 Å². The molecule has 0 aromatic rings. The molecule has 0 radical (unpaired) electrons. The van der Waals surface area contributed by atoms with Crippen LogP contribution >= 0.6 is 0 Å². The van der Waals surface area contributed by atoms with Crippen molar-refractivity contribution in [2.75, 3.05) is 13.7 Å². The summed E-state index contributed by atoms with van der Waals surface area (Å²) in [6, 6.07) is 0. The van der Waals surface area contributed by atoms with E-state index in [2.05, 4.69) is 17.2 Å². The smallest absolute Gasteiger partial charge is 0.406 e. The molecule has 82 valence electrons. The molecular formula is C12H17NO2. The third-order valence-corrected chi connectivity index (χ3v) is 3.45. The molecule has 1 saturated carbocycles. The lowest BCUT2D eigenvalue weighted by Crippen LogP contribution is -2.20. The fraction of sp³-hybridized carbons (Fsp3) is 0.750. The summed E-state index contributed by atoms with van der Waals surface area (Å²) in [5.74, 6) is 8.44. The number of fused-ring (bicyclic) bond motifs is 1. The molecule has 0 bridgehead atoms. The maximum atomic E-state index is 10.9. The highest BCUT2D eigenvalue weighted by molar-refractivity contribution is 5.66. The molecule has 1 amide bonds. The van der Waals surface area contributed by atoms with Crippen molar-refractivity contribution in [3.63, 3.8) is 0 Å². The fourth-order valence-electron chi connectivity index (χ4n) is 2.53. The Morgan fingerprint density at radius 2 is 1.93 bits per heavy atom. The zero-order valence-electron chi connectivity index (χ0n) is 9.08. The van der Waals surface area contributed by atoms with Crippen LogP contribution in [0, 0.1) is 29.6 Å². The van der Waals surface area contributed by atoms with Crippen LogP contribution in [0.25, 0.3) is 0 Å². The number of nitrogens with one attached hydrogen (secondary N) is 1. The van der Waals surface area contributed by atoms with Crippen LogP contribution in [0.4, 0.5) is 4.79 Å². The molecular weight excluding hydrogens is 190 g/mol. The molecule has 0 aliphatic heterocycles. The minimum atomic E-state index is -0.314. The van der Waals surface area contributed by atoms with E-state index in [1.54, 1.807) is 7.05 Å². The maximum Gasteiger partial charge on any atom is 0.406 e.